The van der Waals surface area contributed by atoms with Gasteiger partial charge < -0.3 is 5.32 Å². The predicted molar refractivity (Wildman–Crippen MR) is 63.7 cm³/mol. The van der Waals surface area contributed by atoms with Crippen molar-refractivity contribution < 1.29 is 0 Å². The average molecular weight is 242 g/mol. The van der Waals surface area contributed by atoms with Crippen molar-refractivity contribution in [2.24, 2.45) is 5.92 Å². The summed E-state index contributed by atoms with van der Waals surface area (Å²) in [6.07, 6.45) is 1.29. The lowest BCUT2D eigenvalue weighted by Crippen LogP contribution is -2.24. The molecule has 1 heterocycles. The van der Waals surface area contributed by atoms with Gasteiger partial charge in [-0.1, -0.05) is 29.3 Å². The van der Waals surface area contributed by atoms with Gasteiger partial charge in [0.2, 0.25) is 0 Å². The first-order valence-corrected chi connectivity index (χ1v) is 6.08. The van der Waals surface area contributed by atoms with Crippen LogP contribution in [0.15, 0.2) is 18.2 Å². The first kappa shape index (κ1) is 9.95. The summed E-state index contributed by atoms with van der Waals surface area (Å²) in [5.41, 5.74) is 1.70. The fourth-order valence-corrected chi connectivity index (χ4v) is 3.22. The third kappa shape index (κ3) is 1.33. The van der Waals surface area contributed by atoms with E-state index in [2.05, 4.69) is 18.3 Å². The molecule has 1 aliphatic heterocycles. The van der Waals surface area contributed by atoms with E-state index >= 15 is 0 Å². The van der Waals surface area contributed by atoms with E-state index in [0.29, 0.717) is 21.5 Å². The molecule has 15 heavy (non-hydrogen) atoms. The number of hydrogen-bond donors (Lipinski definition) is 1. The zero-order valence-electron chi connectivity index (χ0n) is 8.56. The van der Waals surface area contributed by atoms with E-state index in [1.54, 1.807) is 0 Å². The monoisotopic (exact) mass is 241 g/mol. The molecule has 1 N–H and O–H groups in total. The van der Waals surface area contributed by atoms with E-state index in [4.69, 9.17) is 23.2 Å². The minimum absolute atomic E-state index is 0.355. The van der Waals surface area contributed by atoms with Crippen LogP contribution in [0.4, 0.5) is 0 Å². The number of benzene rings is 1. The minimum atomic E-state index is 0.355. The number of halogens is 2. The van der Waals surface area contributed by atoms with E-state index in [0.717, 1.165) is 12.5 Å². The summed E-state index contributed by atoms with van der Waals surface area (Å²) in [6, 6.07) is 6.70. The van der Waals surface area contributed by atoms with Crippen LogP contribution in [0, 0.1) is 5.92 Å². The van der Waals surface area contributed by atoms with Crippen molar-refractivity contribution in [1.82, 2.24) is 5.32 Å². The highest BCUT2D eigenvalue weighted by molar-refractivity contribution is 6.42. The highest BCUT2D eigenvalue weighted by atomic mass is 35.5. The Bertz CT molecular complexity index is 418. The molecule has 0 aromatic heterocycles. The van der Waals surface area contributed by atoms with Crippen LogP contribution >= 0.6 is 23.2 Å². The van der Waals surface area contributed by atoms with E-state index in [-0.39, 0.29) is 0 Å². The average Bonchev–Trinajstić information content (AvgIpc) is 2.88. The smallest absolute Gasteiger partial charge is 0.0595 e. The number of fused-ring (bicyclic) bond motifs is 1. The summed E-state index contributed by atoms with van der Waals surface area (Å²) in [7, 11) is 0. The molecule has 80 valence electrons. The van der Waals surface area contributed by atoms with Crippen LogP contribution in [0.1, 0.15) is 18.9 Å². The largest absolute Gasteiger partial charge is 0.313 e. The molecule has 1 aliphatic carbocycles. The van der Waals surface area contributed by atoms with Gasteiger partial charge in [-0.25, -0.2) is 0 Å². The molecule has 3 rings (SSSR count). The summed E-state index contributed by atoms with van der Waals surface area (Å²) in [5, 5.41) is 4.84. The predicted octanol–water partition coefficient (Wildman–Crippen LogP) is 3.24. The zero-order chi connectivity index (χ0) is 10.6. The second kappa shape index (κ2) is 3.13. The summed E-state index contributed by atoms with van der Waals surface area (Å²) in [5.74, 6) is 0.787. The standard InChI is InChI=1S/C12H13Cl2N/c1-7-9-5-12(9,6-15-7)8-2-3-10(13)11(14)4-8/h2-4,7,9,15H,5-6H2,1H3/t7?,9?,12-/m0/s1. The maximum absolute atomic E-state index is 6.06. The van der Waals surface area contributed by atoms with Gasteiger partial charge in [0.05, 0.1) is 10.0 Å². The first-order valence-electron chi connectivity index (χ1n) is 5.32. The summed E-state index contributed by atoms with van der Waals surface area (Å²) >= 11 is 12.0. The SMILES string of the molecule is CC1NC[C@]2(c3ccc(Cl)c(Cl)c3)CC12. The lowest BCUT2D eigenvalue weighted by atomic mass is 9.94. The molecule has 0 amide bonds. The molecule has 1 nitrogen and oxygen atoms in total. The van der Waals surface area contributed by atoms with Gasteiger partial charge in [-0.2, -0.15) is 0 Å². The quantitative estimate of drug-likeness (QED) is 0.797. The number of rotatable bonds is 1. The van der Waals surface area contributed by atoms with Gasteiger partial charge >= 0.3 is 0 Å². The van der Waals surface area contributed by atoms with Crippen molar-refractivity contribution >= 4 is 23.2 Å². The second-order valence-corrected chi connectivity index (χ2v) is 5.58. The molecular weight excluding hydrogens is 229 g/mol. The summed E-state index contributed by atoms with van der Waals surface area (Å²) in [6.45, 7) is 3.34. The lowest BCUT2D eigenvalue weighted by molar-refractivity contribution is 0.578. The molecule has 3 atom stereocenters. The summed E-state index contributed by atoms with van der Waals surface area (Å²) in [4.78, 5) is 0. The van der Waals surface area contributed by atoms with Crippen LogP contribution in [0.2, 0.25) is 10.0 Å². The molecule has 0 spiro atoms. The van der Waals surface area contributed by atoms with E-state index in [1.807, 2.05) is 12.1 Å². The van der Waals surface area contributed by atoms with E-state index in [9.17, 15) is 0 Å². The van der Waals surface area contributed by atoms with Gasteiger partial charge in [0.25, 0.3) is 0 Å². The molecule has 0 bridgehead atoms. The van der Waals surface area contributed by atoms with Crippen molar-refractivity contribution in [2.75, 3.05) is 6.54 Å². The van der Waals surface area contributed by atoms with Crippen molar-refractivity contribution in [3.8, 4) is 0 Å². The molecule has 2 unspecified atom stereocenters. The Morgan fingerprint density at radius 1 is 1.33 bits per heavy atom. The molecule has 2 fully saturated rings. The Balaban J connectivity index is 1.98. The Hall–Kier alpha value is -0.240. The molecule has 2 aliphatic rings. The fourth-order valence-electron chi connectivity index (χ4n) is 2.92. The fraction of sp³-hybridized carbons (Fsp3) is 0.500. The van der Waals surface area contributed by atoms with Crippen LogP contribution in [-0.2, 0) is 5.41 Å². The Kier molecular flexibility index (Phi) is 2.08. The van der Waals surface area contributed by atoms with Crippen LogP contribution in [0.3, 0.4) is 0 Å². The Morgan fingerprint density at radius 2 is 2.13 bits per heavy atom. The molecule has 1 aromatic carbocycles. The van der Waals surface area contributed by atoms with Crippen LogP contribution in [0.5, 0.6) is 0 Å². The van der Waals surface area contributed by atoms with Crippen LogP contribution in [0.25, 0.3) is 0 Å². The van der Waals surface area contributed by atoms with E-state index < -0.39 is 0 Å². The molecule has 3 heteroatoms. The van der Waals surface area contributed by atoms with Gasteiger partial charge in [0.1, 0.15) is 0 Å². The Morgan fingerprint density at radius 3 is 2.67 bits per heavy atom. The minimum Gasteiger partial charge on any atom is -0.313 e. The third-order valence-electron chi connectivity index (χ3n) is 3.97. The van der Waals surface area contributed by atoms with Crippen molar-refractivity contribution in [3.63, 3.8) is 0 Å². The topological polar surface area (TPSA) is 12.0 Å². The zero-order valence-corrected chi connectivity index (χ0v) is 10.1. The first-order chi connectivity index (χ1) is 7.13. The van der Waals surface area contributed by atoms with Gasteiger partial charge in [-0.15, -0.1) is 0 Å². The maximum atomic E-state index is 6.06. The van der Waals surface area contributed by atoms with Crippen LogP contribution < -0.4 is 5.32 Å². The molecule has 0 radical (unpaired) electrons. The number of nitrogens with one attached hydrogen (secondary N) is 1. The number of hydrogen-bond acceptors (Lipinski definition) is 1. The maximum Gasteiger partial charge on any atom is 0.0595 e. The highest BCUT2D eigenvalue weighted by Crippen LogP contribution is 2.59. The lowest BCUT2D eigenvalue weighted by Gasteiger charge is -2.12. The molecule has 1 saturated carbocycles. The van der Waals surface area contributed by atoms with E-state index in [1.165, 1.54) is 12.0 Å². The van der Waals surface area contributed by atoms with Crippen LogP contribution in [-0.4, -0.2) is 12.6 Å². The summed E-state index contributed by atoms with van der Waals surface area (Å²) < 4.78 is 0. The Labute approximate surface area is 99.8 Å². The number of piperidine rings is 1. The third-order valence-corrected chi connectivity index (χ3v) is 4.71. The van der Waals surface area contributed by atoms with Crippen molar-refractivity contribution in [2.45, 2.75) is 24.8 Å². The highest BCUT2D eigenvalue weighted by Gasteiger charge is 2.61. The molecule has 1 aromatic rings. The molecule has 1 saturated heterocycles. The van der Waals surface area contributed by atoms with Gasteiger partial charge in [0, 0.05) is 18.0 Å². The van der Waals surface area contributed by atoms with Gasteiger partial charge in [0.15, 0.2) is 0 Å². The second-order valence-electron chi connectivity index (χ2n) is 4.77. The van der Waals surface area contributed by atoms with Gasteiger partial charge in [-0.3, -0.25) is 0 Å². The van der Waals surface area contributed by atoms with Crippen molar-refractivity contribution in [3.05, 3.63) is 33.8 Å². The molecular formula is C12H13Cl2N. The normalized spacial score (nSPS) is 37.8. The van der Waals surface area contributed by atoms with Gasteiger partial charge in [-0.05, 0) is 37.0 Å². The van der Waals surface area contributed by atoms with Crippen molar-refractivity contribution in [1.29, 1.82) is 0 Å².